The first-order valence-electron chi connectivity index (χ1n) is 8.07. The molecule has 2 heteroatoms. The van der Waals surface area contributed by atoms with E-state index in [4.69, 9.17) is 4.74 Å². The lowest BCUT2D eigenvalue weighted by molar-refractivity contribution is 0.0460. The molecule has 0 N–H and O–H groups in total. The molecule has 0 bridgehead atoms. The molecule has 0 aliphatic carbocycles. The molecule has 0 atom stereocenters. The minimum atomic E-state index is -0.267. The van der Waals surface area contributed by atoms with Crippen LogP contribution in [-0.2, 0) is 4.74 Å². The number of carbonyl (C=O) groups is 1. The van der Waals surface area contributed by atoms with Gasteiger partial charge in [0, 0.05) is 0 Å². The molecular weight excluding hydrogens is 284 g/mol. The zero-order valence-electron chi connectivity index (χ0n) is 14.1. The van der Waals surface area contributed by atoms with Crippen LogP contribution in [0.3, 0.4) is 0 Å². The fraction of sp³-hybridized carbons (Fsp3) is 0.286. The van der Waals surface area contributed by atoms with E-state index in [1.165, 1.54) is 0 Å². The molecule has 0 fully saturated rings. The number of rotatable bonds is 6. The second kappa shape index (κ2) is 7.77. The molecule has 2 aromatic rings. The number of hydrogen-bond acceptors (Lipinski definition) is 2. The molecule has 0 aliphatic heterocycles. The maximum absolute atomic E-state index is 12.3. The van der Waals surface area contributed by atoms with Crippen molar-refractivity contribution in [1.82, 2.24) is 0 Å². The smallest absolute Gasteiger partial charge is 0.338 e. The van der Waals surface area contributed by atoms with Crippen molar-refractivity contribution in [2.75, 3.05) is 6.61 Å². The van der Waals surface area contributed by atoms with Gasteiger partial charge in [-0.05, 0) is 40.7 Å². The highest BCUT2D eigenvalue weighted by molar-refractivity contribution is 5.97. The van der Waals surface area contributed by atoms with E-state index < -0.39 is 0 Å². The van der Waals surface area contributed by atoms with Crippen molar-refractivity contribution >= 4 is 11.5 Å². The van der Waals surface area contributed by atoms with Crippen molar-refractivity contribution < 1.29 is 9.53 Å². The first kappa shape index (κ1) is 17.0. The lowest BCUT2D eigenvalue weighted by atomic mass is 9.97. The Morgan fingerprint density at radius 1 is 1.09 bits per heavy atom. The monoisotopic (exact) mass is 308 g/mol. The van der Waals surface area contributed by atoms with Gasteiger partial charge >= 0.3 is 5.97 Å². The normalized spacial score (nSPS) is 10.6. The average molecular weight is 308 g/mol. The zero-order valence-corrected chi connectivity index (χ0v) is 14.1. The summed E-state index contributed by atoms with van der Waals surface area (Å²) >= 11 is 0. The molecule has 0 saturated carbocycles. The minimum absolute atomic E-state index is 0.267. The molecule has 2 nitrogen and oxygen atoms in total. The molecular formula is C21H24O2. The van der Waals surface area contributed by atoms with Crippen LogP contribution in [0.2, 0.25) is 0 Å². The van der Waals surface area contributed by atoms with Gasteiger partial charge in [0.1, 0.15) is 0 Å². The number of ether oxygens (including phenoxy) is 1. The van der Waals surface area contributed by atoms with Crippen LogP contribution in [0, 0.1) is 5.92 Å². The third-order valence-electron chi connectivity index (χ3n) is 3.73. The molecule has 0 amide bonds. The summed E-state index contributed by atoms with van der Waals surface area (Å²) in [7, 11) is 0. The number of carbonyl (C=O) groups excluding carboxylic acids is 1. The van der Waals surface area contributed by atoms with E-state index in [0.29, 0.717) is 18.1 Å². The highest BCUT2D eigenvalue weighted by Crippen LogP contribution is 2.26. The van der Waals surface area contributed by atoms with E-state index >= 15 is 0 Å². The van der Waals surface area contributed by atoms with E-state index in [-0.39, 0.29) is 5.97 Å². The first-order valence-corrected chi connectivity index (χ1v) is 8.07. The van der Waals surface area contributed by atoms with Crippen LogP contribution in [0.4, 0.5) is 0 Å². The highest BCUT2D eigenvalue weighted by Gasteiger charge is 2.14. The third-order valence-corrected chi connectivity index (χ3v) is 3.73. The molecule has 2 rings (SSSR count). The van der Waals surface area contributed by atoms with E-state index in [9.17, 15) is 4.79 Å². The van der Waals surface area contributed by atoms with Crippen molar-refractivity contribution in [3.63, 3.8) is 0 Å². The predicted molar refractivity (Wildman–Crippen MR) is 96.3 cm³/mol. The molecule has 0 saturated heterocycles. The van der Waals surface area contributed by atoms with Crippen molar-refractivity contribution in [2.24, 2.45) is 5.92 Å². The van der Waals surface area contributed by atoms with Gasteiger partial charge in [0.05, 0.1) is 12.2 Å². The quantitative estimate of drug-likeness (QED) is 0.650. The fourth-order valence-electron chi connectivity index (χ4n) is 2.32. The minimum Gasteiger partial charge on any atom is -0.462 e. The van der Waals surface area contributed by atoms with Crippen molar-refractivity contribution in [1.29, 1.82) is 0 Å². The summed E-state index contributed by atoms with van der Waals surface area (Å²) < 4.78 is 5.38. The summed E-state index contributed by atoms with van der Waals surface area (Å²) in [5.74, 6) is 0.0572. The van der Waals surface area contributed by atoms with Crippen LogP contribution >= 0.6 is 0 Å². The van der Waals surface area contributed by atoms with Gasteiger partial charge in [-0.1, -0.05) is 69.8 Å². The van der Waals surface area contributed by atoms with Gasteiger partial charge in [0.25, 0.3) is 0 Å². The van der Waals surface area contributed by atoms with Gasteiger partial charge < -0.3 is 4.74 Å². The number of allylic oxidation sites excluding steroid dienone is 1. The second-order valence-corrected chi connectivity index (χ2v) is 6.07. The largest absolute Gasteiger partial charge is 0.462 e. The van der Waals surface area contributed by atoms with Gasteiger partial charge in [0.2, 0.25) is 0 Å². The average Bonchev–Trinajstić information content (AvgIpc) is 2.59. The van der Waals surface area contributed by atoms with Crippen LogP contribution in [0.5, 0.6) is 0 Å². The summed E-state index contributed by atoms with van der Waals surface area (Å²) in [6.07, 6.45) is 0.928. The van der Waals surface area contributed by atoms with Gasteiger partial charge in [0.15, 0.2) is 0 Å². The van der Waals surface area contributed by atoms with Crippen molar-refractivity contribution in [3.8, 4) is 11.1 Å². The van der Waals surface area contributed by atoms with E-state index in [1.807, 2.05) is 50.2 Å². The third kappa shape index (κ3) is 4.32. The maximum Gasteiger partial charge on any atom is 0.338 e. The summed E-state index contributed by atoms with van der Waals surface area (Å²) in [5.41, 5.74) is 4.76. The van der Waals surface area contributed by atoms with Gasteiger partial charge in [-0.3, -0.25) is 0 Å². The molecule has 0 aromatic heterocycles. The van der Waals surface area contributed by atoms with Gasteiger partial charge in [-0.2, -0.15) is 0 Å². The molecule has 0 heterocycles. The van der Waals surface area contributed by atoms with Crippen molar-refractivity contribution in [3.05, 3.63) is 66.2 Å². The fourth-order valence-corrected chi connectivity index (χ4v) is 2.32. The van der Waals surface area contributed by atoms with Crippen LogP contribution in [0.25, 0.3) is 16.7 Å². The van der Waals surface area contributed by atoms with Crippen LogP contribution in [-0.4, -0.2) is 12.6 Å². The summed E-state index contributed by atoms with van der Waals surface area (Å²) in [6.45, 7) is 10.6. The van der Waals surface area contributed by atoms with E-state index in [2.05, 4.69) is 25.6 Å². The number of hydrogen-bond donors (Lipinski definition) is 0. The number of esters is 1. The Kier molecular flexibility index (Phi) is 5.75. The Hall–Kier alpha value is -2.35. The van der Waals surface area contributed by atoms with Gasteiger partial charge in [-0.25, -0.2) is 4.79 Å². The standard InChI is InChI=1S/C21H24O2/c1-5-16(4)17-10-12-18(13-11-17)19-8-6-7-9-20(19)21(22)23-14-15(2)3/h6-13,15H,4-5,14H2,1-3H3. The van der Waals surface area contributed by atoms with E-state index in [0.717, 1.165) is 28.7 Å². The molecule has 120 valence electrons. The summed E-state index contributed by atoms with van der Waals surface area (Å²) in [5, 5.41) is 0. The predicted octanol–water partition coefficient (Wildman–Crippen LogP) is 5.59. The molecule has 0 unspecified atom stereocenters. The van der Waals surface area contributed by atoms with Crippen LogP contribution in [0.15, 0.2) is 55.1 Å². The first-order chi connectivity index (χ1) is 11.0. The lowest BCUT2D eigenvalue weighted by Crippen LogP contribution is -2.11. The van der Waals surface area contributed by atoms with Crippen LogP contribution < -0.4 is 0 Å². The Balaban J connectivity index is 2.29. The molecule has 23 heavy (non-hydrogen) atoms. The van der Waals surface area contributed by atoms with Crippen LogP contribution in [0.1, 0.15) is 43.1 Å². The van der Waals surface area contributed by atoms with Crippen molar-refractivity contribution in [2.45, 2.75) is 27.2 Å². The topological polar surface area (TPSA) is 26.3 Å². The molecule has 0 aliphatic rings. The highest BCUT2D eigenvalue weighted by atomic mass is 16.5. The Labute approximate surface area is 138 Å². The molecule has 0 spiro atoms. The summed E-state index contributed by atoms with van der Waals surface area (Å²) in [6, 6.07) is 15.7. The SMILES string of the molecule is C=C(CC)c1ccc(-c2ccccc2C(=O)OCC(C)C)cc1. The Morgan fingerprint density at radius 2 is 1.74 bits per heavy atom. The maximum atomic E-state index is 12.3. The summed E-state index contributed by atoms with van der Waals surface area (Å²) in [4.78, 5) is 12.3. The van der Waals surface area contributed by atoms with Gasteiger partial charge in [-0.15, -0.1) is 0 Å². The number of benzene rings is 2. The molecule has 2 aromatic carbocycles. The zero-order chi connectivity index (χ0) is 16.8. The Morgan fingerprint density at radius 3 is 2.35 bits per heavy atom. The lowest BCUT2D eigenvalue weighted by Gasteiger charge is -2.12. The van der Waals surface area contributed by atoms with E-state index in [1.54, 1.807) is 0 Å². The molecule has 0 radical (unpaired) electrons. The second-order valence-electron chi connectivity index (χ2n) is 6.07. The Bertz CT molecular complexity index is 681.